The number of carbonyl (C=O) groups excluding carboxylic acids is 2. The first-order valence-corrected chi connectivity index (χ1v) is 16.8. The number of aromatic nitrogens is 4. The fourth-order valence-corrected chi connectivity index (χ4v) is 8.09. The van der Waals surface area contributed by atoms with E-state index in [1.54, 1.807) is 21.1 Å². The van der Waals surface area contributed by atoms with E-state index in [1.807, 2.05) is 73.4 Å². The van der Waals surface area contributed by atoms with E-state index in [0.29, 0.717) is 33.4 Å². The van der Waals surface area contributed by atoms with E-state index in [-0.39, 0.29) is 17.7 Å². The second kappa shape index (κ2) is 12.7. The van der Waals surface area contributed by atoms with Gasteiger partial charge in [-0.05, 0) is 37.3 Å². The summed E-state index contributed by atoms with van der Waals surface area (Å²) in [7, 11) is 5.10. The van der Waals surface area contributed by atoms with Crippen LogP contribution in [0.15, 0.2) is 54.9 Å². The highest BCUT2D eigenvalue weighted by Gasteiger charge is 2.46. The summed E-state index contributed by atoms with van der Waals surface area (Å²) in [6, 6.07) is 13.8. The zero-order chi connectivity index (χ0) is 33.6. The Labute approximate surface area is 280 Å². The van der Waals surface area contributed by atoms with Crippen LogP contribution in [0.25, 0.3) is 27.7 Å². The van der Waals surface area contributed by atoms with Crippen molar-refractivity contribution in [3.63, 3.8) is 0 Å². The molecule has 0 radical (unpaired) electrons. The van der Waals surface area contributed by atoms with E-state index in [0.717, 1.165) is 91.1 Å². The molecule has 5 aromatic rings. The average molecular weight is 651 g/mol. The van der Waals surface area contributed by atoms with Crippen molar-refractivity contribution >= 4 is 33.9 Å². The quantitative estimate of drug-likeness (QED) is 0.225. The molecule has 3 aromatic heterocycles. The first kappa shape index (κ1) is 31.8. The summed E-state index contributed by atoms with van der Waals surface area (Å²) in [6.45, 7) is 7.41. The molecule has 0 atom stereocenters. The Balaban J connectivity index is 1.18. The number of fused-ring (bicyclic) bond motifs is 2. The number of imidazole rings is 1. The highest BCUT2D eigenvalue weighted by atomic mass is 16.5. The summed E-state index contributed by atoms with van der Waals surface area (Å²) >= 11 is 0. The lowest BCUT2D eigenvalue weighted by atomic mass is 9.89. The second-order valence-electron chi connectivity index (χ2n) is 13.2. The van der Waals surface area contributed by atoms with Gasteiger partial charge < -0.3 is 24.7 Å². The number of piperidine rings is 2. The van der Waals surface area contributed by atoms with Gasteiger partial charge in [-0.15, -0.1) is 0 Å². The van der Waals surface area contributed by atoms with Crippen molar-refractivity contribution in [2.75, 3.05) is 45.7 Å². The van der Waals surface area contributed by atoms with Crippen molar-refractivity contribution in [3.8, 4) is 22.8 Å². The van der Waals surface area contributed by atoms with Crippen molar-refractivity contribution in [1.29, 1.82) is 0 Å². The van der Waals surface area contributed by atoms with Crippen LogP contribution in [0.3, 0.4) is 0 Å². The number of hydrogen-bond acceptors (Lipinski definition) is 7. The number of aryl methyl sites for hydroxylation is 2. The summed E-state index contributed by atoms with van der Waals surface area (Å²) in [6.07, 6.45) is 7.71. The number of ether oxygens (including phenoxy) is 2. The lowest BCUT2D eigenvalue weighted by molar-refractivity contribution is -0.885. The molecule has 0 aliphatic carbocycles. The van der Waals surface area contributed by atoms with Crippen LogP contribution in [-0.2, 0) is 11.8 Å². The molecule has 2 aliphatic rings. The van der Waals surface area contributed by atoms with Crippen molar-refractivity contribution in [1.82, 2.24) is 24.3 Å². The molecule has 2 aromatic carbocycles. The smallest absolute Gasteiger partial charge is 0.310 e. The van der Waals surface area contributed by atoms with Crippen LogP contribution in [0.5, 0.6) is 11.5 Å². The summed E-state index contributed by atoms with van der Waals surface area (Å²) in [5.74, 6) is 2.50. The van der Waals surface area contributed by atoms with Crippen molar-refractivity contribution in [2.24, 2.45) is 7.05 Å². The Morgan fingerprint density at radius 1 is 1.00 bits per heavy atom. The highest BCUT2D eigenvalue weighted by Crippen LogP contribution is 2.39. The first-order valence-electron chi connectivity index (χ1n) is 16.8. The maximum atomic E-state index is 13.5. The third-order valence-corrected chi connectivity index (χ3v) is 10.7. The molecule has 5 heterocycles. The van der Waals surface area contributed by atoms with Gasteiger partial charge in [0.2, 0.25) is 0 Å². The van der Waals surface area contributed by atoms with Crippen molar-refractivity contribution in [3.05, 3.63) is 72.1 Å². The zero-order valence-corrected chi connectivity index (χ0v) is 28.4. The van der Waals surface area contributed by atoms with Crippen molar-refractivity contribution < 1.29 is 23.5 Å². The normalized spacial score (nSPS) is 20.2. The lowest BCUT2D eigenvalue weighted by Crippen LogP contribution is -2.63. The number of likely N-dealkylation sites (tertiary alicyclic amines) is 1. The van der Waals surface area contributed by atoms with Gasteiger partial charge in [0.15, 0.2) is 0 Å². The molecule has 2 aliphatic heterocycles. The van der Waals surface area contributed by atoms with Gasteiger partial charge >= 0.3 is 5.91 Å². The summed E-state index contributed by atoms with van der Waals surface area (Å²) in [4.78, 5) is 36.5. The largest absolute Gasteiger partial charge is 0.496 e. The molecular weight excluding hydrogens is 606 g/mol. The number of hydrogen-bond donors (Lipinski definition) is 2. The van der Waals surface area contributed by atoms with Crippen LogP contribution in [0.1, 0.15) is 60.5 Å². The number of quaternary nitrogens is 1. The minimum Gasteiger partial charge on any atom is -0.496 e. The number of carbonyl (C=O) groups is 2. The van der Waals surface area contributed by atoms with Crippen LogP contribution in [0.2, 0.25) is 0 Å². The molecule has 0 unspecified atom stereocenters. The summed E-state index contributed by atoms with van der Waals surface area (Å²) < 4.78 is 16.0. The maximum Gasteiger partial charge on any atom is 0.310 e. The van der Waals surface area contributed by atoms with E-state index in [4.69, 9.17) is 14.5 Å². The summed E-state index contributed by atoms with van der Waals surface area (Å²) in [5, 5.41) is 7.37. The fourth-order valence-electron chi connectivity index (χ4n) is 8.09. The van der Waals surface area contributed by atoms with Gasteiger partial charge in [0.1, 0.15) is 23.0 Å². The third-order valence-electron chi connectivity index (χ3n) is 10.7. The standard InChI is InChI=1S/C37H43N7O4/c1-23-35-34(41-36(43(35)18-17-39-23)25-13-19-44(20-14-25,24(2)45)27-11-15-38-16-12-27)26-9-10-29(33(21-26)48-5)40-37(46)31-22-28-30(42(31)3)7-6-8-32(28)47-4/h6-10,17-18,21-22,25,27,38H,11-16,19-20H2,1-5H3/p+1. The fraction of sp³-hybridized carbons (Fsp3) is 0.405. The minimum absolute atomic E-state index is 0.222. The summed E-state index contributed by atoms with van der Waals surface area (Å²) in [5.41, 5.74) is 5.50. The monoisotopic (exact) mass is 650 g/mol. The first-order chi connectivity index (χ1) is 23.3. The van der Waals surface area contributed by atoms with Crippen LogP contribution >= 0.6 is 0 Å². The van der Waals surface area contributed by atoms with Gasteiger partial charge in [0.05, 0.1) is 68.4 Å². The van der Waals surface area contributed by atoms with E-state index in [1.165, 1.54) is 0 Å². The van der Waals surface area contributed by atoms with E-state index in [9.17, 15) is 9.59 Å². The van der Waals surface area contributed by atoms with Gasteiger partial charge in [-0.2, -0.15) is 0 Å². The molecular formula is C37H44N7O4+. The Morgan fingerprint density at radius 3 is 2.46 bits per heavy atom. The van der Waals surface area contributed by atoms with Crippen LogP contribution < -0.4 is 20.1 Å². The van der Waals surface area contributed by atoms with Crippen LogP contribution in [0.4, 0.5) is 5.69 Å². The molecule has 11 heteroatoms. The van der Waals surface area contributed by atoms with Gasteiger partial charge in [-0.3, -0.25) is 18.7 Å². The molecule has 48 heavy (non-hydrogen) atoms. The number of benzene rings is 2. The third kappa shape index (κ3) is 5.31. The Kier molecular flexibility index (Phi) is 8.43. The number of rotatable bonds is 7. The number of nitrogens with one attached hydrogen (secondary N) is 2. The molecule has 250 valence electrons. The Hall–Kier alpha value is -4.74. The number of methoxy groups -OCH3 is 2. The maximum absolute atomic E-state index is 13.5. The lowest BCUT2D eigenvalue weighted by Gasteiger charge is -2.47. The molecule has 2 N–H and O–H groups in total. The van der Waals surface area contributed by atoms with E-state index >= 15 is 0 Å². The predicted octanol–water partition coefficient (Wildman–Crippen LogP) is 5.46. The van der Waals surface area contributed by atoms with E-state index in [2.05, 4.69) is 20.0 Å². The Morgan fingerprint density at radius 2 is 1.75 bits per heavy atom. The topological polar surface area (TPSA) is 112 Å². The molecule has 0 saturated carbocycles. The molecule has 0 spiro atoms. The minimum atomic E-state index is -0.251. The van der Waals surface area contributed by atoms with Crippen LogP contribution in [-0.4, -0.2) is 81.7 Å². The SMILES string of the molecule is COc1cc(-c2nc(C3CC[N+](C(C)=O)(C4CCNCC4)CC3)n3ccnc(C)c23)ccc1NC(=O)c1cc2c(OC)cccc2n1C. The van der Waals surface area contributed by atoms with Gasteiger partial charge in [0.25, 0.3) is 5.91 Å². The van der Waals surface area contributed by atoms with Gasteiger partial charge in [0, 0.05) is 75.1 Å². The molecule has 2 saturated heterocycles. The number of anilines is 1. The number of amides is 2. The highest BCUT2D eigenvalue weighted by molar-refractivity contribution is 6.08. The molecule has 11 nitrogen and oxygen atoms in total. The number of nitrogens with zero attached hydrogens (tertiary/aromatic N) is 5. The van der Waals surface area contributed by atoms with Crippen molar-refractivity contribution in [2.45, 2.75) is 51.5 Å². The van der Waals surface area contributed by atoms with E-state index < -0.39 is 0 Å². The predicted molar refractivity (Wildman–Crippen MR) is 186 cm³/mol. The molecule has 7 rings (SSSR count). The van der Waals surface area contributed by atoms with Crippen LogP contribution in [0, 0.1) is 6.92 Å². The molecule has 2 amide bonds. The molecule has 0 bridgehead atoms. The van der Waals surface area contributed by atoms with Gasteiger partial charge in [-0.1, -0.05) is 12.1 Å². The molecule has 2 fully saturated rings. The second-order valence-corrected chi connectivity index (χ2v) is 13.2. The Bertz CT molecular complexity index is 2020. The van der Waals surface area contributed by atoms with Gasteiger partial charge in [-0.25, -0.2) is 9.78 Å². The average Bonchev–Trinajstić information content (AvgIpc) is 3.68. The zero-order valence-electron chi connectivity index (χ0n) is 28.4.